The van der Waals surface area contributed by atoms with E-state index in [2.05, 4.69) is 19.7 Å². The summed E-state index contributed by atoms with van der Waals surface area (Å²) < 4.78 is 10.6. The maximum Gasteiger partial charge on any atom is 0.269 e. The Balaban J connectivity index is 1.53. The molecule has 33 heavy (non-hydrogen) atoms. The fraction of sp³-hybridized carbons (Fsp3) is 0.182. The van der Waals surface area contributed by atoms with Crippen molar-refractivity contribution >= 4 is 50.8 Å². The number of methoxy groups -OCH3 is 1. The number of aryl methyl sites for hydroxylation is 1. The van der Waals surface area contributed by atoms with Gasteiger partial charge >= 0.3 is 0 Å². The summed E-state index contributed by atoms with van der Waals surface area (Å²) in [5.41, 5.74) is 3.52. The summed E-state index contributed by atoms with van der Waals surface area (Å²) in [7, 11) is 1.62. The number of ether oxygens (including phenoxy) is 1. The van der Waals surface area contributed by atoms with Gasteiger partial charge < -0.3 is 10.1 Å². The van der Waals surface area contributed by atoms with E-state index < -0.39 is 10.2 Å². The van der Waals surface area contributed by atoms with Crippen molar-refractivity contribution in [2.24, 2.45) is 0 Å². The maximum atomic E-state index is 12.8. The lowest BCUT2D eigenvalue weighted by molar-refractivity contribution is -0.384. The number of hydrogen-bond acceptors (Lipinski definition) is 9. The number of hydrogen-bond donors (Lipinski definition) is 1. The van der Waals surface area contributed by atoms with Gasteiger partial charge in [0.1, 0.15) is 33.0 Å². The summed E-state index contributed by atoms with van der Waals surface area (Å²) >= 11 is 2.60. The first-order valence-electron chi connectivity index (χ1n) is 9.84. The number of amides is 1. The van der Waals surface area contributed by atoms with Crippen LogP contribution >= 0.6 is 23.3 Å². The fourth-order valence-corrected chi connectivity index (χ4v) is 4.93. The van der Waals surface area contributed by atoms with Crippen molar-refractivity contribution in [3.05, 3.63) is 64.5 Å². The summed E-state index contributed by atoms with van der Waals surface area (Å²) in [5.74, 6) is 0.524. The van der Waals surface area contributed by atoms with Crippen LogP contribution in [-0.4, -0.2) is 37.5 Å². The summed E-state index contributed by atoms with van der Waals surface area (Å²) in [6, 6.07) is 11.9. The number of carbonyl (C=O) groups is 1. The Hall–Kier alpha value is -3.57. The van der Waals surface area contributed by atoms with Crippen molar-refractivity contribution in [2.75, 3.05) is 12.4 Å². The van der Waals surface area contributed by atoms with Crippen LogP contribution in [0.3, 0.4) is 0 Å². The van der Waals surface area contributed by atoms with E-state index in [0.29, 0.717) is 16.3 Å². The highest BCUT2D eigenvalue weighted by atomic mass is 32.2. The molecule has 0 aliphatic rings. The minimum Gasteiger partial charge on any atom is -0.497 e. The molecular weight excluding hydrogens is 462 g/mol. The summed E-state index contributed by atoms with van der Waals surface area (Å²) in [5, 5.41) is 14.0. The highest BCUT2D eigenvalue weighted by Gasteiger charge is 2.21. The number of nitrogens with one attached hydrogen (secondary N) is 1. The smallest absolute Gasteiger partial charge is 0.269 e. The van der Waals surface area contributed by atoms with Crippen molar-refractivity contribution in [3.63, 3.8) is 0 Å². The second kappa shape index (κ2) is 9.51. The summed E-state index contributed by atoms with van der Waals surface area (Å²) in [6.45, 7) is 3.49. The molecule has 0 fully saturated rings. The average molecular weight is 482 g/mol. The van der Waals surface area contributed by atoms with E-state index in [0.717, 1.165) is 27.2 Å². The molecular formula is C22H19N5O4S2. The van der Waals surface area contributed by atoms with Crippen LogP contribution in [0.4, 0.5) is 11.4 Å². The quantitative estimate of drug-likeness (QED) is 0.168. The van der Waals surface area contributed by atoms with E-state index in [1.54, 1.807) is 21.0 Å². The molecule has 0 aliphatic heterocycles. The molecule has 11 heteroatoms. The first-order chi connectivity index (χ1) is 15.9. The Morgan fingerprint density at radius 2 is 1.97 bits per heavy atom. The number of benzene rings is 2. The number of nitrogens with zero attached hydrogens (tertiary/aromatic N) is 4. The molecule has 1 atom stereocenters. The van der Waals surface area contributed by atoms with E-state index in [1.807, 2.05) is 24.3 Å². The fourth-order valence-electron chi connectivity index (χ4n) is 3.12. The molecule has 0 radical (unpaired) electrons. The molecule has 4 rings (SSSR count). The second-order valence-corrected chi connectivity index (χ2v) is 9.22. The summed E-state index contributed by atoms with van der Waals surface area (Å²) in [4.78, 5) is 32.0. The Morgan fingerprint density at radius 1 is 1.21 bits per heavy atom. The number of nitro groups is 1. The van der Waals surface area contributed by atoms with Gasteiger partial charge in [0.05, 0.1) is 17.3 Å². The van der Waals surface area contributed by atoms with E-state index in [1.165, 1.54) is 47.8 Å². The molecule has 4 aromatic rings. The molecule has 0 spiro atoms. The molecule has 9 nitrogen and oxygen atoms in total. The molecule has 2 aromatic carbocycles. The van der Waals surface area contributed by atoms with Gasteiger partial charge in [-0.1, -0.05) is 11.8 Å². The van der Waals surface area contributed by atoms with Crippen LogP contribution in [0.1, 0.15) is 12.5 Å². The van der Waals surface area contributed by atoms with Crippen LogP contribution in [0.15, 0.2) is 53.8 Å². The third-order valence-corrected chi connectivity index (χ3v) is 7.00. The van der Waals surface area contributed by atoms with Crippen LogP contribution in [0.5, 0.6) is 5.75 Å². The maximum absolute atomic E-state index is 12.8. The van der Waals surface area contributed by atoms with Crippen molar-refractivity contribution in [1.29, 1.82) is 0 Å². The molecule has 0 aliphatic carbocycles. The molecule has 0 saturated heterocycles. The lowest BCUT2D eigenvalue weighted by Gasteiger charge is -2.13. The van der Waals surface area contributed by atoms with Gasteiger partial charge in [-0.15, -0.1) is 0 Å². The topological polar surface area (TPSA) is 120 Å². The predicted octanol–water partition coefficient (Wildman–Crippen LogP) is 5.10. The molecule has 1 amide bonds. The van der Waals surface area contributed by atoms with Crippen molar-refractivity contribution in [3.8, 4) is 17.0 Å². The Kier molecular flexibility index (Phi) is 6.52. The van der Waals surface area contributed by atoms with Gasteiger partial charge in [-0.05, 0) is 61.3 Å². The van der Waals surface area contributed by atoms with Crippen LogP contribution in [-0.2, 0) is 4.79 Å². The second-order valence-electron chi connectivity index (χ2n) is 7.12. The van der Waals surface area contributed by atoms with Crippen LogP contribution < -0.4 is 10.1 Å². The zero-order valence-electron chi connectivity index (χ0n) is 17.9. The number of anilines is 1. The molecule has 0 unspecified atom stereocenters. The first kappa shape index (κ1) is 22.6. The largest absolute Gasteiger partial charge is 0.497 e. The minimum atomic E-state index is -0.468. The third kappa shape index (κ3) is 4.78. The highest BCUT2D eigenvalue weighted by molar-refractivity contribution is 8.00. The predicted molar refractivity (Wildman–Crippen MR) is 129 cm³/mol. The zero-order valence-corrected chi connectivity index (χ0v) is 19.6. The van der Waals surface area contributed by atoms with Gasteiger partial charge in [0, 0.05) is 23.4 Å². The third-order valence-electron chi connectivity index (χ3n) is 4.92. The van der Waals surface area contributed by atoms with Crippen LogP contribution in [0.25, 0.3) is 21.5 Å². The monoisotopic (exact) mass is 481 g/mol. The Morgan fingerprint density at radius 3 is 2.64 bits per heavy atom. The van der Waals surface area contributed by atoms with E-state index >= 15 is 0 Å². The van der Waals surface area contributed by atoms with Crippen molar-refractivity contribution < 1.29 is 14.5 Å². The Labute approximate surface area is 197 Å². The Bertz CT molecular complexity index is 1340. The number of non-ortho nitro benzene ring substituents is 1. The number of rotatable bonds is 7. The standard InChI is InChI=1S/C22H19N5O4S2/c1-12-10-15(27(29)30)6-9-17(12)25-21(28)13(2)32-22-20-19(23-11-24-22)18(26-33-20)14-4-7-16(31-3)8-5-14/h4-11,13H,1-3H3,(H,25,28)/t13-/m0/s1. The normalized spacial score (nSPS) is 11.8. The van der Waals surface area contributed by atoms with Gasteiger partial charge in [-0.25, -0.2) is 9.97 Å². The van der Waals surface area contributed by atoms with Gasteiger partial charge in [0.25, 0.3) is 5.69 Å². The first-order valence-corrected chi connectivity index (χ1v) is 11.5. The average Bonchev–Trinajstić information content (AvgIpc) is 3.25. The summed E-state index contributed by atoms with van der Waals surface area (Å²) in [6.07, 6.45) is 1.47. The van der Waals surface area contributed by atoms with Gasteiger partial charge in [-0.2, -0.15) is 4.37 Å². The highest BCUT2D eigenvalue weighted by Crippen LogP contribution is 2.36. The van der Waals surface area contributed by atoms with E-state index in [9.17, 15) is 14.9 Å². The van der Waals surface area contributed by atoms with Crippen molar-refractivity contribution in [2.45, 2.75) is 24.1 Å². The zero-order chi connectivity index (χ0) is 23.5. The molecule has 2 aromatic heterocycles. The van der Waals surface area contributed by atoms with Gasteiger partial charge in [0.2, 0.25) is 5.91 Å². The van der Waals surface area contributed by atoms with E-state index in [4.69, 9.17) is 4.74 Å². The lowest BCUT2D eigenvalue weighted by Crippen LogP contribution is -2.23. The number of thioether (sulfide) groups is 1. The minimum absolute atomic E-state index is 0.0193. The molecule has 0 saturated carbocycles. The van der Waals surface area contributed by atoms with Gasteiger partial charge in [0.15, 0.2) is 0 Å². The molecule has 2 heterocycles. The molecule has 1 N–H and O–H groups in total. The lowest BCUT2D eigenvalue weighted by atomic mass is 10.1. The van der Waals surface area contributed by atoms with Crippen LogP contribution in [0, 0.1) is 17.0 Å². The number of fused-ring (bicyclic) bond motifs is 1. The molecule has 0 bridgehead atoms. The van der Waals surface area contributed by atoms with Gasteiger partial charge in [-0.3, -0.25) is 14.9 Å². The molecule has 168 valence electrons. The number of nitro benzene ring substituents is 1. The number of carbonyl (C=O) groups excluding carboxylic acids is 1. The van der Waals surface area contributed by atoms with Crippen molar-refractivity contribution in [1.82, 2.24) is 14.3 Å². The number of aromatic nitrogens is 3. The van der Waals surface area contributed by atoms with Crippen LogP contribution in [0.2, 0.25) is 0 Å². The SMILES string of the molecule is COc1ccc(-c2nsc3c(S[C@@H](C)C(=O)Nc4ccc([N+](=O)[O-])cc4C)ncnc23)cc1. The van der Waals surface area contributed by atoms with E-state index in [-0.39, 0.29) is 11.6 Å².